The second-order valence-corrected chi connectivity index (χ2v) is 18.8. The van der Waals surface area contributed by atoms with Gasteiger partial charge in [-0.1, -0.05) is 82.9 Å². The number of aromatic nitrogens is 3. The smallest absolute Gasteiger partial charge is 0.216 e. The molecular formula is C38H40FIrN3OSi-2. The molecule has 0 unspecified atom stereocenters. The Balaban J connectivity index is 0.000000201. The molecule has 0 fully saturated rings. The summed E-state index contributed by atoms with van der Waals surface area (Å²) in [6.07, 6.45) is 6.16. The Morgan fingerprint density at radius 1 is 0.867 bits per heavy atom. The van der Waals surface area contributed by atoms with Crippen molar-refractivity contribution in [3.8, 4) is 22.5 Å². The van der Waals surface area contributed by atoms with Crippen LogP contribution >= 0.6 is 0 Å². The number of pyridine rings is 3. The van der Waals surface area contributed by atoms with Crippen LogP contribution in [-0.4, -0.2) is 23.0 Å². The van der Waals surface area contributed by atoms with Gasteiger partial charge in [0.15, 0.2) is 0 Å². The van der Waals surface area contributed by atoms with Crippen LogP contribution in [-0.2, 0) is 26.5 Å². The van der Waals surface area contributed by atoms with Gasteiger partial charge in [-0.15, -0.1) is 54.1 Å². The fourth-order valence-electron chi connectivity index (χ4n) is 5.39. The molecule has 0 bridgehead atoms. The van der Waals surface area contributed by atoms with Crippen molar-refractivity contribution >= 4 is 35.3 Å². The average molecular weight is 794 g/mol. The predicted octanol–water partition coefficient (Wildman–Crippen LogP) is 9.79. The number of furan rings is 1. The predicted molar refractivity (Wildman–Crippen MR) is 182 cm³/mol. The van der Waals surface area contributed by atoms with Gasteiger partial charge in [-0.05, 0) is 52.0 Å². The maximum absolute atomic E-state index is 13.9. The van der Waals surface area contributed by atoms with Crippen molar-refractivity contribution in [1.82, 2.24) is 15.0 Å². The molecule has 4 aromatic heterocycles. The van der Waals surface area contributed by atoms with Crippen LogP contribution in [0.2, 0.25) is 19.6 Å². The van der Waals surface area contributed by atoms with Crippen molar-refractivity contribution in [3.63, 3.8) is 0 Å². The molecule has 0 amide bonds. The Hall–Kier alpha value is -3.51. The molecule has 4 heterocycles. The fourth-order valence-corrected chi connectivity index (χ4v) is 6.97. The van der Waals surface area contributed by atoms with Crippen molar-refractivity contribution in [2.75, 3.05) is 0 Å². The molecule has 0 N–H and O–H groups in total. The van der Waals surface area contributed by atoms with Gasteiger partial charge < -0.3 is 14.4 Å². The third kappa shape index (κ3) is 8.02. The number of hydrogen-bond donors (Lipinski definition) is 0. The molecule has 0 aliphatic rings. The standard InChI is InChI=1S/C19H14FN2O.C19H26NSi.Ir/c1-11(2)15-9-17(22-10-16(15)20)14-6-3-5-12-13-7-4-8-21-19(13)23-18(12)14;1-19(2,3)13-16-12-17(15-10-8-7-9-11-15)20-14-18(16)21(4,5)6;/h3-5,7-11H,1-2H3;7-10,12,14H,13H2,1-6H3;/q2*-1;. The summed E-state index contributed by atoms with van der Waals surface area (Å²) in [5, 5.41) is 3.39. The Morgan fingerprint density at radius 3 is 2.29 bits per heavy atom. The summed E-state index contributed by atoms with van der Waals surface area (Å²) in [6.45, 7) is 18.0. The number of benzene rings is 2. The minimum atomic E-state index is -1.37. The number of fused-ring (bicyclic) bond motifs is 3. The van der Waals surface area contributed by atoms with E-state index in [9.17, 15) is 4.39 Å². The van der Waals surface area contributed by atoms with E-state index >= 15 is 0 Å². The van der Waals surface area contributed by atoms with Crippen LogP contribution in [0.25, 0.3) is 44.6 Å². The molecule has 1 radical (unpaired) electrons. The van der Waals surface area contributed by atoms with E-state index in [2.05, 4.69) is 80.8 Å². The molecule has 0 aliphatic carbocycles. The molecule has 2 aromatic carbocycles. The summed E-state index contributed by atoms with van der Waals surface area (Å²) < 4.78 is 19.8. The third-order valence-corrected chi connectivity index (χ3v) is 9.54. The van der Waals surface area contributed by atoms with Crippen molar-refractivity contribution in [2.24, 2.45) is 5.41 Å². The van der Waals surface area contributed by atoms with E-state index < -0.39 is 8.07 Å². The summed E-state index contributed by atoms with van der Waals surface area (Å²) >= 11 is 0. The molecule has 0 aliphatic heterocycles. The summed E-state index contributed by atoms with van der Waals surface area (Å²) in [5.74, 6) is -0.213. The van der Waals surface area contributed by atoms with Gasteiger partial charge in [0.25, 0.3) is 0 Å². The summed E-state index contributed by atoms with van der Waals surface area (Å²) in [6, 6.07) is 26.2. The van der Waals surface area contributed by atoms with E-state index in [1.54, 1.807) is 12.3 Å². The molecule has 4 nitrogen and oxygen atoms in total. The van der Waals surface area contributed by atoms with Crippen LogP contribution < -0.4 is 5.19 Å². The van der Waals surface area contributed by atoms with Gasteiger partial charge in [0, 0.05) is 37.9 Å². The van der Waals surface area contributed by atoms with Gasteiger partial charge in [0.1, 0.15) is 5.82 Å². The number of hydrogen-bond acceptors (Lipinski definition) is 4. The molecular weight excluding hydrogens is 754 g/mol. The SMILES string of the molecule is CC(C)(C)Cc1cc(-c2[c-]cccc2)ncc1[Si](C)(C)C.CC(C)c1cc(-c2[c-]ccc3c2oc2ncccc23)ncc1F.[Ir]. The third-order valence-electron chi connectivity index (χ3n) is 7.48. The van der Waals surface area contributed by atoms with E-state index in [0.717, 1.165) is 34.0 Å². The van der Waals surface area contributed by atoms with Crippen LogP contribution in [0.1, 0.15) is 51.7 Å². The number of nitrogens with zero attached hydrogens (tertiary/aromatic N) is 3. The molecule has 0 spiro atoms. The van der Waals surface area contributed by atoms with Crippen molar-refractivity contribution in [1.29, 1.82) is 0 Å². The zero-order valence-electron chi connectivity index (χ0n) is 27.3. The maximum Gasteiger partial charge on any atom is 0.216 e. The first kappa shape index (κ1) is 34.4. The van der Waals surface area contributed by atoms with Crippen LogP contribution in [0.3, 0.4) is 0 Å². The molecule has 0 saturated carbocycles. The number of halogens is 1. The first-order chi connectivity index (χ1) is 20.8. The average Bonchev–Trinajstić information content (AvgIpc) is 3.36. The van der Waals surface area contributed by atoms with Gasteiger partial charge >= 0.3 is 0 Å². The number of rotatable bonds is 5. The van der Waals surface area contributed by atoms with Crippen LogP contribution in [0.15, 0.2) is 83.7 Å². The summed E-state index contributed by atoms with van der Waals surface area (Å²) in [5.41, 5.74) is 7.13. The normalized spacial score (nSPS) is 11.8. The molecule has 6 rings (SSSR count). The van der Waals surface area contributed by atoms with E-state index in [0.29, 0.717) is 22.6 Å². The van der Waals surface area contributed by atoms with E-state index in [-0.39, 0.29) is 37.3 Å². The monoisotopic (exact) mass is 794 g/mol. The molecule has 0 saturated heterocycles. The first-order valence-corrected chi connectivity index (χ1v) is 18.6. The van der Waals surface area contributed by atoms with Crippen molar-refractivity contribution in [2.45, 2.75) is 66.6 Å². The van der Waals surface area contributed by atoms with Gasteiger partial charge in [-0.3, -0.25) is 0 Å². The molecule has 0 atom stereocenters. The Morgan fingerprint density at radius 2 is 1.62 bits per heavy atom. The van der Waals surface area contributed by atoms with Crippen molar-refractivity contribution < 1.29 is 28.9 Å². The summed E-state index contributed by atoms with van der Waals surface area (Å²) in [7, 11) is -1.37. The molecule has 235 valence electrons. The Labute approximate surface area is 280 Å². The second kappa shape index (κ2) is 13.9. The topological polar surface area (TPSA) is 51.8 Å². The molecule has 45 heavy (non-hydrogen) atoms. The maximum atomic E-state index is 13.9. The van der Waals surface area contributed by atoms with Gasteiger partial charge in [-0.2, -0.15) is 0 Å². The zero-order chi connectivity index (χ0) is 31.6. The summed E-state index contributed by atoms with van der Waals surface area (Å²) in [4.78, 5) is 13.2. The largest absolute Gasteiger partial charge is 0.486 e. The van der Waals surface area contributed by atoms with E-state index in [4.69, 9.17) is 9.40 Å². The molecule has 6 aromatic rings. The van der Waals surface area contributed by atoms with Gasteiger partial charge in [0.2, 0.25) is 5.71 Å². The minimum absolute atomic E-state index is 0. The van der Waals surface area contributed by atoms with Crippen LogP contribution in [0.5, 0.6) is 0 Å². The van der Waals surface area contributed by atoms with E-state index in [1.807, 2.05) is 56.3 Å². The van der Waals surface area contributed by atoms with Gasteiger partial charge in [-0.25, -0.2) is 9.37 Å². The van der Waals surface area contributed by atoms with Crippen LogP contribution in [0.4, 0.5) is 4.39 Å². The van der Waals surface area contributed by atoms with Crippen LogP contribution in [0, 0.1) is 23.4 Å². The Kier molecular flexibility index (Phi) is 10.6. The Bertz CT molecular complexity index is 1910. The van der Waals surface area contributed by atoms with Gasteiger partial charge in [0.05, 0.1) is 19.9 Å². The second-order valence-electron chi connectivity index (χ2n) is 13.8. The first-order valence-electron chi connectivity index (χ1n) is 15.1. The zero-order valence-corrected chi connectivity index (χ0v) is 30.6. The minimum Gasteiger partial charge on any atom is -0.486 e. The molecule has 7 heteroatoms. The van der Waals surface area contributed by atoms with Crippen molar-refractivity contribution in [3.05, 3.63) is 108 Å². The quantitative estimate of drug-likeness (QED) is 0.129. The van der Waals surface area contributed by atoms with E-state index in [1.165, 1.54) is 16.9 Å². The fraction of sp³-hybridized carbons (Fsp3) is 0.289.